The minimum absolute atomic E-state index is 0.00720. The lowest BCUT2D eigenvalue weighted by atomic mass is 9.84. The number of rotatable bonds is 10. The highest BCUT2D eigenvalue weighted by molar-refractivity contribution is 9.10. The number of aliphatic imine (C=N–C) groups is 1. The van der Waals surface area contributed by atoms with E-state index < -0.39 is 0 Å². The van der Waals surface area contributed by atoms with Gasteiger partial charge in [0.05, 0.1) is 47.2 Å². The van der Waals surface area contributed by atoms with Crippen molar-refractivity contribution in [2.75, 3.05) is 44.1 Å². The van der Waals surface area contributed by atoms with Crippen molar-refractivity contribution in [3.63, 3.8) is 0 Å². The third-order valence-electron chi connectivity index (χ3n) is 13.0. The molecule has 0 saturated carbocycles. The van der Waals surface area contributed by atoms with Gasteiger partial charge in [-0.25, -0.2) is 14.3 Å². The van der Waals surface area contributed by atoms with E-state index in [0.29, 0.717) is 41.3 Å². The molecule has 74 heavy (non-hydrogen) atoms. The van der Waals surface area contributed by atoms with Crippen LogP contribution in [0.3, 0.4) is 0 Å². The minimum Gasteiger partial charge on any atom is -0.398 e. The minimum atomic E-state index is -0.381. The third-order valence-corrected chi connectivity index (χ3v) is 13.5. The molecular weight excluding hydrogens is 1000 g/mol. The Morgan fingerprint density at radius 1 is 0.811 bits per heavy atom. The van der Waals surface area contributed by atoms with Gasteiger partial charge in [-0.3, -0.25) is 14.6 Å². The summed E-state index contributed by atoms with van der Waals surface area (Å²) in [6.07, 6.45) is 17.1. The van der Waals surface area contributed by atoms with Crippen molar-refractivity contribution in [2.24, 2.45) is 4.99 Å². The van der Waals surface area contributed by atoms with Gasteiger partial charge in [-0.15, -0.1) is 0 Å². The highest BCUT2D eigenvalue weighted by atomic mass is 79.9. The number of hydrogen-bond donors (Lipinski definition) is 3. The molecule has 0 amide bonds. The molecule has 6 aromatic rings. The fourth-order valence-corrected chi connectivity index (χ4v) is 8.54. The predicted molar refractivity (Wildman–Crippen MR) is 296 cm³/mol. The summed E-state index contributed by atoms with van der Waals surface area (Å²) in [4.78, 5) is 29.7. The van der Waals surface area contributed by atoms with Crippen molar-refractivity contribution >= 4 is 81.1 Å². The lowest BCUT2D eigenvalue weighted by molar-refractivity contribution is -0.0383. The highest BCUT2D eigenvalue weighted by Gasteiger charge is 2.53. The summed E-state index contributed by atoms with van der Waals surface area (Å²) in [6, 6.07) is 24.7. The van der Waals surface area contributed by atoms with E-state index in [9.17, 15) is 9.59 Å². The molecule has 6 N–H and O–H groups in total. The fraction of sp³-hybridized carbons (Fsp3) is 0.400. The summed E-state index contributed by atoms with van der Waals surface area (Å²) in [5, 5.41) is 17.7. The van der Waals surface area contributed by atoms with Crippen molar-refractivity contribution in [2.45, 2.75) is 116 Å². The molecule has 0 aliphatic carbocycles. The summed E-state index contributed by atoms with van der Waals surface area (Å²) in [6.45, 7) is 13.0. The van der Waals surface area contributed by atoms with E-state index in [-0.39, 0.29) is 30.8 Å². The number of fused-ring (bicyclic) bond motifs is 1. The van der Waals surface area contributed by atoms with Crippen LogP contribution in [-0.4, -0.2) is 88.5 Å². The van der Waals surface area contributed by atoms with Crippen molar-refractivity contribution in [1.29, 1.82) is 5.26 Å². The number of carbonyl (C=O) groups excluding carboxylic acids is 2. The second-order valence-corrected chi connectivity index (χ2v) is 19.8. The number of methoxy groups -OCH3 is 1. The molecule has 390 valence electrons. The summed E-state index contributed by atoms with van der Waals surface area (Å²) in [7, 11) is 1.27. The zero-order valence-electron chi connectivity index (χ0n) is 43.2. The number of carbonyl (C=O) groups is 2. The number of halogens is 1. The second kappa shape index (κ2) is 27.1. The van der Waals surface area contributed by atoms with Gasteiger partial charge in [-0.2, -0.15) is 15.5 Å². The molecule has 0 spiro atoms. The van der Waals surface area contributed by atoms with Gasteiger partial charge in [0.25, 0.3) is 0 Å². The smallest absolute Gasteiger partial charge is 0.398 e. The van der Waals surface area contributed by atoms with Crippen molar-refractivity contribution in [3.05, 3.63) is 118 Å². The van der Waals surface area contributed by atoms with Gasteiger partial charge in [0.1, 0.15) is 12.0 Å². The second-order valence-electron chi connectivity index (χ2n) is 18.9. The molecule has 17 nitrogen and oxygen atoms in total. The first-order chi connectivity index (χ1) is 35.6. The first-order valence-electron chi connectivity index (χ1n) is 24.9. The monoisotopic (exact) mass is 1070 g/mol. The van der Waals surface area contributed by atoms with Crippen LogP contribution >= 0.6 is 15.9 Å². The predicted octanol–water partition coefficient (Wildman–Crippen LogP) is 10.1. The molecule has 0 bridgehead atoms. The maximum atomic E-state index is 10.8. The number of nitrogen functional groups attached to an aromatic ring is 3. The van der Waals surface area contributed by atoms with Crippen LogP contribution in [-0.2, 0) is 30.1 Å². The molecule has 3 aromatic carbocycles. The Kier molecular flexibility index (Phi) is 20.8. The normalized spacial score (nSPS) is 18.2. The molecule has 10 rings (SSSR count). The molecule has 19 heteroatoms. The van der Waals surface area contributed by atoms with Crippen LogP contribution in [0, 0.1) is 11.3 Å². The van der Waals surface area contributed by atoms with Gasteiger partial charge >= 0.3 is 7.12 Å². The molecule has 4 aliphatic rings. The average Bonchev–Trinajstić information content (AvgIpc) is 4.24. The standard InChI is InChI=1S/C15H17N3O2.C15H15N3O.C14H23BN2O3.C7H6BrNO.C4H7N/c16-13-9-11(4-5-12(13)10-19)14-6-7-17-18(14)15-3-1-2-8-20-15;1-19-9-13-6-11-3-2-10(12-4-5-17-8-12)7-14(11)18-15(13)16;1-13(2)14(3,4)20-15(19-13)11-8-9-16-17(11)12-7-5-6-10-18-12;8-6-2-1-5(4-10)7(9)3-6;1-2-3-4-5/h4-7,9-10,15H,1-3,8,16H2;2-7H,8-9H2,1H3,(H2,16,18);8-9,12H,5-7,10H2,1-4H3;1-4H,9H2;2-3H2,1H3. The highest BCUT2D eigenvalue weighted by Crippen LogP contribution is 2.37. The van der Waals surface area contributed by atoms with E-state index in [1.54, 1.807) is 49.8 Å². The number of ether oxygens (including phenoxy) is 3. The largest absolute Gasteiger partial charge is 0.514 e. The fourth-order valence-electron chi connectivity index (χ4n) is 8.16. The number of allylic oxidation sites excluding steroid dienone is 1. The Morgan fingerprint density at radius 3 is 1.99 bits per heavy atom. The van der Waals surface area contributed by atoms with Crippen LogP contribution in [0.25, 0.3) is 27.7 Å². The van der Waals surface area contributed by atoms with Crippen LogP contribution in [0.1, 0.15) is 130 Å². The molecule has 3 fully saturated rings. The average molecular weight is 1070 g/mol. The first-order valence-corrected chi connectivity index (χ1v) is 25.7. The lowest BCUT2D eigenvalue weighted by Crippen LogP contribution is -2.42. The quantitative estimate of drug-likeness (QED) is 0.0657. The zero-order chi connectivity index (χ0) is 53.3. The van der Waals surface area contributed by atoms with Gasteiger partial charge < -0.3 is 40.7 Å². The van der Waals surface area contributed by atoms with E-state index in [4.69, 9.17) is 46.0 Å². The number of hydrogen-bond acceptors (Lipinski definition) is 15. The molecule has 2 atom stereocenters. The van der Waals surface area contributed by atoms with E-state index in [1.165, 1.54) is 12.0 Å². The summed E-state index contributed by atoms with van der Waals surface area (Å²) >= 11 is 3.23. The van der Waals surface area contributed by atoms with Crippen LogP contribution in [0.15, 0.2) is 101 Å². The molecule has 3 saturated heterocycles. The molecular formula is C55H68BBrN10O7. The van der Waals surface area contributed by atoms with E-state index in [0.717, 1.165) is 114 Å². The van der Waals surface area contributed by atoms with Gasteiger partial charge in [0.2, 0.25) is 0 Å². The number of benzene rings is 3. The van der Waals surface area contributed by atoms with Gasteiger partial charge in [-0.05, 0) is 144 Å². The lowest BCUT2D eigenvalue weighted by Gasteiger charge is -2.32. The Hall–Kier alpha value is -6.53. The van der Waals surface area contributed by atoms with Crippen LogP contribution in [0.4, 0.5) is 17.2 Å². The van der Waals surface area contributed by atoms with Gasteiger partial charge in [0.15, 0.2) is 18.8 Å². The summed E-state index contributed by atoms with van der Waals surface area (Å²) in [5.74, 6) is 0.531. The number of aldehydes is 2. The van der Waals surface area contributed by atoms with Crippen molar-refractivity contribution < 1.29 is 33.1 Å². The van der Waals surface area contributed by atoms with Crippen LogP contribution in [0.2, 0.25) is 0 Å². The van der Waals surface area contributed by atoms with Crippen LogP contribution in [0.5, 0.6) is 0 Å². The number of unbranched alkanes of at least 4 members (excludes halogenated alkanes) is 1. The van der Waals surface area contributed by atoms with E-state index in [1.807, 2.05) is 58.9 Å². The number of nitrogens with zero attached hydrogens (tertiary/aromatic N) is 7. The Balaban J connectivity index is 0.000000159. The Morgan fingerprint density at radius 2 is 1.43 bits per heavy atom. The SMILES string of the molecule is CC1(C)OB(c2ccnn2C2CCCCO2)OC1(C)C.CCCC#N.COCc1cc2ccc(C3=CC=NC3)cc2nc1N.Nc1cc(-c2ccnn2C2CCCCO2)ccc1C=O.Nc1cc(Br)ccc1C=O. The third kappa shape index (κ3) is 14.8. The van der Waals surface area contributed by atoms with Crippen LogP contribution < -0.4 is 22.8 Å². The van der Waals surface area contributed by atoms with Gasteiger partial charge in [-0.1, -0.05) is 41.1 Å². The van der Waals surface area contributed by atoms with Crippen molar-refractivity contribution in [3.8, 4) is 17.3 Å². The number of anilines is 3. The van der Waals surface area contributed by atoms with E-state index >= 15 is 0 Å². The number of nitriles is 1. The maximum Gasteiger partial charge on any atom is 0.514 e. The number of aromatic nitrogens is 5. The molecule has 7 heterocycles. The van der Waals surface area contributed by atoms with E-state index in [2.05, 4.69) is 82.0 Å². The summed E-state index contributed by atoms with van der Waals surface area (Å²) in [5.41, 5.74) is 25.7. The van der Waals surface area contributed by atoms with Crippen molar-refractivity contribution in [1.82, 2.24) is 24.5 Å². The Bertz CT molecular complexity index is 2900. The molecule has 2 unspecified atom stereocenters. The molecule has 4 aliphatic heterocycles. The molecule has 3 aromatic heterocycles. The first kappa shape index (κ1) is 56.8. The summed E-state index contributed by atoms with van der Waals surface area (Å²) < 4.78 is 33.6. The maximum absolute atomic E-state index is 10.8. The number of nitrogens with two attached hydrogens (primary N) is 3. The Labute approximate surface area is 442 Å². The zero-order valence-corrected chi connectivity index (χ0v) is 44.8. The topological polar surface area (TPSA) is 243 Å². The van der Waals surface area contributed by atoms with Gasteiger partial charge in [0, 0.05) is 88.8 Å². The number of pyridine rings is 1. The molecule has 0 radical (unpaired) electrons.